The molecule has 2 unspecified atom stereocenters. The van der Waals surface area contributed by atoms with Crippen LogP contribution in [0.15, 0.2) is 15.9 Å². The predicted octanol–water partition coefficient (Wildman–Crippen LogP) is 3.61. The van der Waals surface area contributed by atoms with E-state index in [-0.39, 0.29) is 6.54 Å². The van der Waals surface area contributed by atoms with Crippen LogP contribution in [0.1, 0.15) is 18.2 Å². The van der Waals surface area contributed by atoms with E-state index in [4.69, 9.17) is 5.73 Å². The van der Waals surface area contributed by atoms with Crippen LogP contribution in [0.25, 0.3) is 0 Å². The van der Waals surface area contributed by atoms with E-state index in [1.807, 2.05) is 11.4 Å². The minimum absolute atomic E-state index is 0.244. The molecule has 0 saturated carbocycles. The van der Waals surface area contributed by atoms with Crippen molar-refractivity contribution in [1.29, 1.82) is 0 Å². The van der Waals surface area contributed by atoms with Gasteiger partial charge in [0.05, 0.1) is 0 Å². The lowest BCUT2D eigenvalue weighted by Gasteiger charge is -2.33. The van der Waals surface area contributed by atoms with Crippen LogP contribution in [0.5, 0.6) is 0 Å². The van der Waals surface area contributed by atoms with Gasteiger partial charge >= 0.3 is 6.18 Å². The molecular formula is C11H16BrF3N2S. The molecule has 0 radical (unpaired) electrons. The highest BCUT2D eigenvalue weighted by Gasteiger charge is 2.45. The molecule has 0 aliphatic heterocycles. The van der Waals surface area contributed by atoms with E-state index in [0.717, 1.165) is 9.35 Å². The number of nitrogens with two attached hydrogens (primary N) is 1. The summed E-state index contributed by atoms with van der Waals surface area (Å²) in [6, 6.07) is -0.687. The Hall–Kier alpha value is -0.110. The predicted molar refractivity (Wildman–Crippen MR) is 71.6 cm³/mol. The molecule has 1 aromatic rings. The van der Waals surface area contributed by atoms with Crippen molar-refractivity contribution in [2.75, 3.05) is 7.05 Å². The van der Waals surface area contributed by atoms with Gasteiger partial charge in [-0.15, -0.1) is 11.3 Å². The van der Waals surface area contributed by atoms with Crippen LogP contribution >= 0.6 is 27.3 Å². The second-order valence-corrected chi connectivity index (χ2v) is 6.12. The first-order valence-corrected chi connectivity index (χ1v) is 7.18. The average molecular weight is 345 g/mol. The third kappa shape index (κ3) is 4.22. The summed E-state index contributed by atoms with van der Waals surface area (Å²) in [5, 5.41) is 1.85. The lowest BCUT2D eigenvalue weighted by Crippen LogP contribution is -2.54. The number of halogens is 4. The van der Waals surface area contributed by atoms with E-state index < -0.39 is 18.3 Å². The van der Waals surface area contributed by atoms with Gasteiger partial charge in [0.25, 0.3) is 0 Å². The number of alkyl halides is 3. The van der Waals surface area contributed by atoms with Crippen molar-refractivity contribution in [1.82, 2.24) is 4.90 Å². The Morgan fingerprint density at radius 2 is 2.11 bits per heavy atom. The van der Waals surface area contributed by atoms with E-state index >= 15 is 0 Å². The molecule has 1 rings (SSSR count). The number of nitrogens with zero attached hydrogens (tertiary/aromatic N) is 1. The summed E-state index contributed by atoms with van der Waals surface area (Å²) in [6.45, 7) is 1.91. The van der Waals surface area contributed by atoms with Crippen LogP contribution in [0.2, 0.25) is 0 Å². The van der Waals surface area contributed by atoms with Crippen LogP contribution in [0, 0.1) is 0 Å². The fourth-order valence-electron chi connectivity index (χ4n) is 1.82. The summed E-state index contributed by atoms with van der Waals surface area (Å²) >= 11 is 4.71. The molecule has 104 valence electrons. The van der Waals surface area contributed by atoms with E-state index in [1.165, 1.54) is 23.3 Å². The second-order valence-electron chi connectivity index (χ2n) is 4.20. The van der Waals surface area contributed by atoms with Crippen molar-refractivity contribution in [3.8, 4) is 0 Å². The molecule has 0 aliphatic carbocycles. The van der Waals surface area contributed by atoms with Gasteiger partial charge in [-0.2, -0.15) is 13.2 Å². The molecule has 1 heterocycles. The van der Waals surface area contributed by atoms with E-state index in [1.54, 1.807) is 6.92 Å². The second kappa shape index (κ2) is 6.36. The van der Waals surface area contributed by atoms with Gasteiger partial charge in [-0.3, -0.25) is 4.90 Å². The van der Waals surface area contributed by atoms with Gasteiger partial charge in [-0.05, 0) is 35.5 Å². The van der Waals surface area contributed by atoms with Crippen molar-refractivity contribution in [3.63, 3.8) is 0 Å². The zero-order valence-electron chi connectivity index (χ0n) is 10.2. The van der Waals surface area contributed by atoms with Crippen LogP contribution in [0.3, 0.4) is 0 Å². The van der Waals surface area contributed by atoms with E-state index in [0.29, 0.717) is 6.42 Å². The zero-order chi connectivity index (χ0) is 13.9. The summed E-state index contributed by atoms with van der Waals surface area (Å²) in [5.74, 6) is 0. The molecular weight excluding hydrogens is 329 g/mol. The van der Waals surface area contributed by atoms with Crippen molar-refractivity contribution >= 4 is 27.3 Å². The zero-order valence-corrected chi connectivity index (χ0v) is 12.6. The highest BCUT2D eigenvalue weighted by molar-refractivity contribution is 9.10. The highest BCUT2D eigenvalue weighted by Crippen LogP contribution is 2.29. The average Bonchev–Trinajstić information content (AvgIpc) is 2.61. The van der Waals surface area contributed by atoms with Gasteiger partial charge in [0, 0.05) is 27.3 Å². The van der Waals surface area contributed by atoms with Gasteiger partial charge in [0.1, 0.15) is 6.04 Å². The monoisotopic (exact) mass is 344 g/mol. The maximum absolute atomic E-state index is 13.0. The van der Waals surface area contributed by atoms with Gasteiger partial charge < -0.3 is 5.73 Å². The Kier molecular flexibility index (Phi) is 5.64. The van der Waals surface area contributed by atoms with Gasteiger partial charge in [0.15, 0.2) is 0 Å². The third-order valence-electron chi connectivity index (χ3n) is 2.71. The molecule has 0 aromatic carbocycles. The molecule has 0 amide bonds. The third-order valence-corrected chi connectivity index (χ3v) is 4.40. The summed E-state index contributed by atoms with van der Waals surface area (Å²) in [6.07, 6.45) is -4.01. The molecule has 0 saturated heterocycles. The number of hydrogen-bond donors (Lipinski definition) is 1. The van der Waals surface area contributed by atoms with E-state index in [9.17, 15) is 13.2 Å². The Bertz CT molecular complexity index is 381. The van der Waals surface area contributed by atoms with Crippen LogP contribution in [-0.2, 0) is 6.54 Å². The molecule has 2 N–H and O–H groups in total. The maximum Gasteiger partial charge on any atom is 0.405 e. The first-order valence-electron chi connectivity index (χ1n) is 5.51. The topological polar surface area (TPSA) is 29.3 Å². The van der Waals surface area contributed by atoms with Gasteiger partial charge in [-0.1, -0.05) is 6.92 Å². The summed E-state index contributed by atoms with van der Waals surface area (Å²) in [5.41, 5.74) is 5.60. The van der Waals surface area contributed by atoms with Crippen molar-refractivity contribution in [2.24, 2.45) is 5.73 Å². The molecule has 1 aromatic heterocycles. The lowest BCUT2D eigenvalue weighted by atomic mass is 10.0. The fraction of sp³-hybridized carbons (Fsp3) is 0.636. The maximum atomic E-state index is 13.0. The molecule has 0 bridgehead atoms. The highest BCUT2D eigenvalue weighted by atomic mass is 79.9. The molecule has 2 nitrogen and oxygen atoms in total. The van der Waals surface area contributed by atoms with E-state index in [2.05, 4.69) is 15.9 Å². The lowest BCUT2D eigenvalue weighted by molar-refractivity contribution is -0.187. The van der Waals surface area contributed by atoms with Crippen molar-refractivity contribution < 1.29 is 13.2 Å². The molecule has 0 spiro atoms. The Morgan fingerprint density at radius 3 is 2.50 bits per heavy atom. The Balaban J connectivity index is 2.79. The minimum atomic E-state index is -4.31. The Labute approximate surface area is 117 Å². The molecule has 7 heteroatoms. The van der Waals surface area contributed by atoms with Crippen molar-refractivity contribution in [2.45, 2.75) is 38.1 Å². The quantitative estimate of drug-likeness (QED) is 0.883. The van der Waals surface area contributed by atoms with Crippen molar-refractivity contribution in [3.05, 3.63) is 20.8 Å². The normalized spacial score (nSPS) is 16.0. The Morgan fingerprint density at radius 1 is 1.50 bits per heavy atom. The largest absolute Gasteiger partial charge is 0.405 e. The molecule has 2 atom stereocenters. The molecule has 18 heavy (non-hydrogen) atoms. The number of rotatable bonds is 5. The number of hydrogen-bond acceptors (Lipinski definition) is 3. The van der Waals surface area contributed by atoms with Gasteiger partial charge in [-0.25, -0.2) is 0 Å². The van der Waals surface area contributed by atoms with Crippen LogP contribution < -0.4 is 5.73 Å². The first kappa shape index (κ1) is 15.9. The standard InChI is InChI=1S/C11H16BrF3N2S/c1-3-9(16)10(11(13,14)15)17(2)5-8-4-7(12)6-18-8/h4,6,9-10H,3,5,16H2,1-2H3. The smallest absolute Gasteiger partial charge is 0.326 e. The van der Waals surface area contributed by atoms with Crippen LogP contribution in [-0.4, -0.2) is 30.2 Å². The van der Waals surface area contributed by atoms with Gasteiger partial charge in [0.2, 0.25) is 0 Å². The number of thiophene rings is 1. The first-order chi connectivity index (χ1) is 8.25. The minimum Gasteiger partial charge on any atom is -0.326 e. The SMILES string of the molecule is CCC(N)C(N(C)Cc1cc(Br)cs1)C(F)(F)F. The molecule has 0 fully saturated rings. The fourth-order valence-corrected chi connectivity index (χ4v) is 3.34. The molecule has 0 aliphatic rings. The summed E-state index contributed by atoms with van der Waals surface area (Å²) < 4.78 is 39.9. The van der Waals surface area contributed by atoms with Crippen LogP contribution in [0.4, 0.5) is 13.2 Å². The summed E-state index contributed by atoms with van der Waals surface area (Å²) in [4.78, 5) is 2.15. The number of likely N-dealkylation sites (N-methyl/N-ethyl adjacent to an activating group) is 1. The summed E-state index contributed by atoms with van der Waals surface area (Å²) in [7, 11) is 1.46.